The third-order valence-electron chi connectivity index (χ3n) is 3.69. The summed E-state index contributed by atoms with van der Waals surface area (Å²) in [4.78, 5) is 19.8. The van der Waals surface area contributed by atoms with Crippen LogP contribution in [-0.4, -0.2) is 59.8 Å². The van der Waals surface area contributed by atoms with Gasteiger partial charge in [0.05, 0.1) is 0 Å². The minimum atomic E-state index is -0.446. The van der Waals surface area contributed by atoms with E-state index >= 15 is 0 Å². The maximum absolute atomic E-state index is 12.0. The lowest BCUT2D eigenvalue weighted by molar-refractivity contribution is 0.0278. The number of amides is 1. The number of carbonyl (C=O) groups is 1. The minimum absolute atomic E-state index is 0.222. The Hall–Kier alpha value is -1.59. The molecule has 2 aliphatic heterocycles. The number of carbonyl (C=O) groups excluding carboxylic acids is 1. The molecule has 0 aromatic carbocycles. The van der Waals surface area contributed by atoms with Gasteiger partial charge in [-0.3, -0.25) is 5.41 Å². The normalized spacial score (nSPS) is 26.2. The fourth-order valence-electron chi connectivity index (χ4n) is 2.85. The number of guanidine groups is 1. The van der Waals surface area contributed by atoms with Gasteiger partial charge in [0.15, 0.2) is 0 Å². The van der Waals surface area contributed by atoms with Crippen LogP contribution in [-0.2, 0) is 4.74 Å². The number of hydrogen-bond donors (Lipinski definition) is 1. The second kappa shape index (κ2) is 5.42. The van der Waals surface area contributed by atoms with E-state index in [1.807, 2.05) is 32.6 Å². The summed E-state index contributed by atoms with van der Waals surface area (Å²) in [7, 11) is 0. The summed E-state index contributed by atoms with van der Waals surface area (Å²) in [6.07, 6.45) is 1.42. The molecule has 6 nitrogen and oxygen atoms in total. The molecule has 2 aliphatic rings. The molecule has 0 radical (unpaired) electrons. The van der Waals surface area contributed by atoms with Crippen molar-refractivity contribution >= 4 is 18.3 Å². The molecule has 0 aromatic rings. The molecule has 112 valence electrons. The lowest BCUT2D eigenvalue weighted by atomic mass is 10.0. The van der Waals surface area contributed by atoms with E-state index in [0.29, 0.717) is 17.8 Å². The molecule has 2 saturated heterocycles. The summed E-state index contributed by atoms with van der Waals surface area (Å²) in [6, 6.07) is 0. The number of nitrogens with one attached hydrogen (secondary N) is 1. The Balaban J connectivity index is 1.88. The van der Waals surface area contributed by atoms with E-state index < -0.39 is 5.60 Å². The van der Waals surface area contributed by atoms with E-state index in [1.54, 1.807) is 11.1 Å². The molecule has 0 bridgehead atoms. The predicted octanol–water partition coefficient (Wildman–Crippen LogP) is 1.81. The number of rotatable bonds is 0. The van der Waals surface area contributed by atoms with Crippen molar-refractivity contribution in [3.05, 3.63) is 0 Å². The zero-order chi connectivity index (χ0) is 14.9. The van der Waals surface area contributed by atoms with E-state index in [4.69, 9.17) is 10.1 Å². The van der Waals surface area contributed by atoms with Gasteiger partial charge in [0, 0.05) is 44.2 Å². The van der Waals surface area contributed by atoms with Crippen molar-refractivity contribution in [1.82, 2.24) is 9.80 Å². The van der Waals surface area contributed by atoms with Crippen LogP contribution in [0.3, 0.4) is 0 Å². The summed E-state index contributed by atoms with van der Waals surface area (Å²) in [5.41, 5.74) is -0.446. The number of nitrogens with zero attached hydrogens (tertiary/aromatic N) is 3. The van der Waals surface area contributed by atoms with E-state index in [9.17, 15) is 4.79 Å². The predicted molar refractivity (Wildman–Crippen MR) is 78.3 cm³/mol. The monoisotopic (exact) mass is 280 g/mol. The molecule has 20 heavy (non-hydrogen) atoms. The van der Waals surface area contributed by atoms with E-state index in [1.165, 1.54) is 0 Å². The van der Waals surface area contributed by atoms with Gasteiger partial charge in [0.2, 0.25) is 5.96 Å². The van der Waals surface area contributed by atoms with Crippen molar-refractivity contribution in [2.75, 3.05) is 26.2 Å². The van der Waals surface area contributed by atoms with Gasteiger partial charge < -0.3 is 14.5 Å². The van der Waals surface area contributed by atoms with Crippen LogP contribution < -0.4 is 0 Å². The molecule has 0 aromatic heterocycles. The standard InChI is InChI=1S/C14H24N4O2/c1-5-16-12(15)17-6-10-8-18(9-11(10)7-17)13(19)20-14(2,3)4/h5,10-11,15H,6-9H2,1-4H3/b15-12?,16-5-. The van der Waals surface area contributed by atoms with E-state index in [0.717, 1.165) is 26.2 Å². The van der Waals surface area contributed by atoms with Crippen molar-refractivity contribution in [2.24, 2.45) is 16.8 Å². The zero-order valence-electron chi connectivity index (χ0n) is 12.7. The maximum Gasteiger partial charge on any atom is 0.410 e. The highest BCUT2D eigenvalue weighted by Gasteiger charge is 2.43. The Bertz CT molecular complexity index is 413. The topological polar surface area (TPSA) is 69.0 Å². The van der Waals surface area contributed by atoms with Crippen LogP contribution in [0.15, 0.2) is 4.99 Å². The fraction of sp³-hybridized carbons (Fsp3) is 0.786. The molecule has 0 aliphatic carbocycles. The molecule has 1 N–H and O–H groups in total. The van der Waals surface area contributed by atoms with Crippen molar-refractivity contribution in [1.29, 1.82) is 5.41 Å². The van der Waals surface area contributed by atoms with Crippen LogP contribution in [0.4, 0.5) is 4.79 Å². The third kappa shape index (κ3) is 3.29. The van der Waals surface area contributed by atoms with E-state index in [2.05, 4.69) is 4.99 Å². The highest BCUT2D eigenvalue weighted by molar-refractivity contribution is 5.85. The molecule has 6 heteroatoms. The number of likely N-dealkylation sites (tertiary alicyclic amines) is 2. The number of hydrogen-bond acceptors (Lipinski definition) is 3. The third-order valence-corrected chi connectivity index (χ3v) is 3.69. The van der Waals surface area contributed by atoms with Crippen molar-refractivity contribution in [2.45, 2.75) is 33.3 Å². The molecule has 1 amide bonds. The molecule has 2 unspecified atom stereocenters. The molecular formula is C14H24N4O2. The first-order chi connectivity index (χ1) is 9.30. The van der Waals surface area contributed by atoms with Crippen molar-refractivity contribution < 1.29 is 9.53 Å². The Morgan fingerprint density at radius 3 is 2.15 bits per heavy atom. The van der Waals surface area contributed by atoms with Crippen LogP contribution >= 0.6 is 0 Å². The van der Waals surface area contributed by atoms with Gasteiger partial charge in [0.1, 0.15) is 5.60 Å². The average Bonchev–Trinajstić information content (AvgIpc) is 2.83. The summed E-state index contributed by atoms with van der Waals surface area (Å²) >= 11 is 0. The zero-order valence-corrected chi connectivity index (χ0v) is 12.7. The lowest BCUT2D eigenvalue weighted by Gasteiger charge is -2.26. The molecule has 2 atom stereocenters. The molecule has 2 fully saturated rings. The molecule has 0 spiro atoms. The Morgan fingerprint density at radius 1 is 1.20 bits per heavy atom. The van der Waals surface area contributed by atoms with Crippen molar-refractivity contribution in [3.63, 3.8) is 0 Å². The van der Waals surface area contributed by atoms with Gasteiger partial charge >= 0.3 is 6.09 Å². The highest BCUT2D eigenvalue weighted by Crippen LogP contribution is 2.32. The first-order valence-corrected chi connectivity index (χ1v) is 7.10. The Kier molecular flexibility index (Phi) is 4.01. The van der Waals surface area contributed by atoms with Crippen molar-refractivity contribution in [3.8, 4) is 0 Å². The highest BCUT2D eigenvalue weighted by atomic mass is 16.6. The maximum atomic E-state index is 12.0. The SMILES string of the molecule is C/C=N\C(=N)N1CC2CN(C(=O)OC(C)(C)C)CC2C1. The van der Waals surface area contributed by atoms with Gasteiger partial charge in [-0.1, -0.05) is 0 Å². The second-order valence-electron chi connectivity index (χ2n) is 6.52. The van der Waals surface area contributed by atoms with Gasteiger partial charge in [-0.15, -0.1) is 0 Å². The van der Waals surface area contributed by atoms with Crippen LogP contribution in [0.25, 0.3) is 0 Å². The second-order valence-corrected chi connectivity index (χ2v) is 6.52. The summed E-state index contributed by atoms with van der Waals surface area (Å²) in [5.74, 6) is 1.18. The number of ether oxygens (including phenoxy) is 1. The quantitative estimate of drug-likeness (QED) is 0.543. The first-order valence-electron chi connectivity index (χ1n) is 7.10. The molecular weight excluding hydrogens is 256 g/mol. The van der Waals surface area contributed by atoms with Gasteiger partial charge in [0.25, 0.3) is 0 Å². The lowest BCUT2D eigenvalue weighted by Crippen LogP contribution is -2.38. The summed E-state index contributed by atoms with van der Waals surface area (Å²) < 4.78 is 5.41. The summed E-state index contributed by atoms with van der Waals surface area (Å²) in [5, 5.41) is 7.84. The average molecular weight is 280 g/mol. The molecule has 2 rings (SSSR count). The van der Waals surface area contributed by atoms with Crippen LogP contribution in [0, 0.1) is 17.2 Å². The first kappa shape index (κ1) is 14.8. The van der Waals surface area contributed by atoms with Crippen LogP contribution in [0.1, 0.15) is 27.7 Å². The Morgan fingerprint density at radius 2 is 1.70 bits per heavy atom. The summed E-state index contributed by atoms with van der Waals surface area (Å²) in [6.45, 7) is 10.5. The Labute approximate surface area is 120 Å². The smallest absolute Gasteiger partial charge is 0.410 e. The van der Waals surface area contributed by atoms with Gasteiger partial charge in [-0.2, -0.15) is 0 Å². The van der Waals surface area contributed by atoms with Gasteiger partial charge in [-0.05, 0) is 27.7 Å². The van der Waals surface area contributed by atoms with Gasteiger partial charge in [-0.25, -0.2) is 9.79 Å². The number of aliphatic imine (C=N–C) groups is 1. The molecule has 2 heterocycles. The molecule has 0 saturated carbocycles. The van der Waals surface area contributed by atoms with Crippen LogP contribution in [0.5, 0.6) is 0 Å². The fourth-order valence-corrected chi connectivity index (χ4v) is 2.85. The number of fused-ring (bicyclic) bond motifs is 1. The van der Waals surface area contributed by atoms with E-state index in [-0.39, 0.29) is 6.09 Å². The largest absolute Gasteiger partial charge is 0.444 e. The van der Waals surface area contributed by atoms with Crippen LogP contribution in [0.2, 0.25) is 0 Å². The minimum Gasteiger partial charge on any atom is -0.444 e.